The Balaban J connectivity index is 2.28. The molecule has 0 aliphatic heterocycles. The molecule has 1 aromatic rings. The second-order valence-electron chi connectivity index (χ2n) is 5.05. The first-order valence-corrected chi connectivity index (χ1v) is 7.71. The van der Waals surface area contributed by atoms with Crippen molar-refractivity contribution in [2.45, 2.75) is 25.1 Å². The highest BCUT2D eigenvalue weighted by atomic mass is 32.2. The molecule has 0 aliphatic rings. The molecule has 0 amide bonds. The van der Waals surface area contributed by atoms with E-state index in [4.69, 9.17) is 10.2 Å². The van der Waals surface area contributed by atoms with Crippen molar-refractivity contribution in [1.82, 2.24) is 10.6 Å². The number of nitrogens with one attached hydrogen (secondary N) is 2. The molecule has 21 heavy (non-hydrogen) atoms. The molecule has 4 N–H and O–H groups in total. The molecular formula is C13H22N4O3S. The zero-order valence-electron chi connectivity index (χ0n) is 12.5. The van der Waals surface area contributed by atoms with Crippen LogP contribution in [0.4, 0.5) is 0 Å². The lowest BCUT2D eigenvalue weighted by atomic mass is 10.0. The number of rotatable bonds is 9. The van der Waals surface area contributed by atoms with E-state index in [1.165, 1.54) is 0 Å². The normalized spacial score (nSPS) is 12.3. The highest BCUT2D eigenvalue weighted by Gasteiger charge is 2.18. The molecule has 1 rings (SSSR count). The van der Waals surface area contributed by atoms with Crippen LogP contribution in [0, 0.1) is 10.1 Å². The van der Waals surface area contributed by atoms with Crippen LogP contribution in [0.2, 0.25) is 0 Å². The molecule has 0 aliphatic carbocycles. The summed E-state index contributed by atoms with van der Waals surface area (Å²) in [6.07, 6.45) is 0.910. The Hall–Kier alpha value is -1.67. The lowest BCUT2D eigenvalue weighted by Gasteiger charge is -2.14. The fourth-order valence-electron chi connectivity index (χ4n) is 1.54. The molecule has 0 bridgehead atoms. The van der Waals surface area contributed by atoms with Gasteiger partial charge in [-0.1, -0.05) is 0 Å². The van der Waals surface area contributed by atoms with Gasteiger partial charge in [-0.05, 0) is 26.0 Å². The molecular weight excluding hydrogens is 292 g/mol. The Labute approximate surface area is 128 Å². The number of hydrogen-bond donors (Lipinski definition) is 3. The Kier molecular flexibility index (Phi) is 6.57. The van der Waals surface area contributed by atoms with Crippen LogP contribution in [-0.4, -0.2) is 24.3 Å². The van der Waals surface area contributed by atoms with Gasteiger partial charge in [0.1, 0.15) is 11.5 Å². The first-order valence-electron chi connectivity index (χ1n) is 6.55. The van der Waals surface area contributed by atoms with E-state index < -0.39 is 10.5 Å². The van der Waals surface area contributed by atoms with Gasteiger partial charge in [0, 0.05) is 19.3 Å². The van der Waals surface area contributed by atoms with Gasteiger partial charge in [0.15, 0.2) is 5.82 Å². The van der Waals surface area contributed by atoms with E-state index >= 15 is 0 Å². The molecule has 0 fully saturated rings. The molecule has 0 saturated heterocycles. The second-order valence-corrected chi connectivity index (χ2v) is 6.15. The van der Waals surface area contributed by atoms with Crippen LogP contribution in [0.25, 0.3) is 0 Å². The number of hydrogen-bond acceptors (Lipinski definition) is 7. The van der Waals surface area contributed by atoms with Gasteiger partial charge in [-0.15, -0.1) is 0 Å². The summed E-state index contributed by atoms with van der Waals surface area (Å²) in [6, 6.07) is 3.82. The van der Waals surface area contributed by atoms with E-state index in [2.05, 4.69) is 10.6 Å². The quantitative estimate of drug-likeness (QED) is 0.361. The summed E-state index contributed by atoms with van der Waals surface area (Å²) in [5.74, 6) is 3.58. The van der Waals surface area contributed by atoms with Crippen molar-refractivity contribution >= 4 is 11.8 Å². The molecule has 0 saturated carbocycles. The predicted octanol–water partition coefficient (Wildman–Crippen LogP) is 1.59. The highest BCUT2D eigenvalue weighted by molar-refractivity contribution is 7.98. The summed E-state index contributed by atoms with van der Waals surface area (Å²) in [5, 5.41) is 16.0. The van der Waals surface area contributed by atoms with Crippen LogP contribution < -0.4 is 16.4 Å². The van der Waals surface area contributed by atoms with Gasteiger partial charge >= 0.3 is 0 Å². The summed E-state index contributed by atoms with van der Waals surface area (Å²) in [7, 11) is 1.63. The average molecular weight is 314 g/mol. The van der Waals surface area contributed by atoms with Crippen LogP contribution in [0.1, 0.15) is 25.4 Å². The van der Waals surface area contributed by atoms with Crippen molar-refractivity contribution in [2.24, 2.45) is 5.73 Å². The lowest BCUT2D eigenvalue weighted by molar-refractivity contribution is -0.404. The van der Waals surface area contributed by atoms with E-state index in [0.29, 0.717) is 12.4 Å². The third kappa shape index (κ3) is 6.54. The van der Waals surface area contributed by atoms with Crippen LogP contribution in [0.5, 0.6) is 0 Å². The van der Waals surface area contributed by atoms with Crippen molar-refractivity contribution in [1.29, 1.82) is 0 Å². The Morgan fingerprint density at radius 2 is 2.29 bits per heavy atom. The third-order valence-corrected chi connectivity index (χ3v) is 3.59. The zero-order chi connectivity index (χ0) is 15.9. The third-order valence-electron chi connectivity index (χ3n) is 2.61. The number of nitrogens with zero attached hydrogens (tertiary/aromatic N) is 1. The minimum Gasteiger partial charge on any atom is -0.463 e. The standard InChI is InChI=1S/C13H22N4O3S/c1-13(2,14)11-5-4-10(20-11)9-21-7-6-16-12(15-3)8-17(18)19/h4-5,8,15-16H,6-7,9,14H2,1-3H3/b12-8+. The summed E-state index contributed by atoms with van der Waals surface area (Å²) >= 11 is 1.68. The molecule has 1 aromatic heterocycles. The monoisotopic (exact) mass is 314 g/mol. The summed E-state index contributed by atoms with van der Waals surface area (Å²) in [6.45, 7) is 4.42. The van der Waals surface area contributed by atoms with E-state index in [1.807, 2.05) is 26.0 Å². The first kappa shape index (κ1) is 17.4. The van der Waals surface area contributed by atoms with Crippen molar-refractivity contribution in [3.8, 4) is 0 Å². The maximum atomic E-state index is 10.3. The molecule has 0 unspecified atom stereocenters. The number of nitrogens with two attached hydrogens (primary N) is 1. The Morgan fingerprint density at radius 1 is 1.57 bits per heavy atom. The second kappa shape index (κ2) is 7.94. The maximum absolute atomic E-state index is 10.3. The number of furan rings is 1. The van der Waals surface area contributed by atoms with Gasteiger partial charge in [-0.25, -0.2) is 0 Å². The SMILES string of the molecule is CN/C(=C\[N+](=O)[O-])NCCSCc1ccc(C(C)(C)N)o1. The molecule has 0 spiro atoms. The Morgan fingerprint density at radius 3 is 2.81 bits per heavy atom. The van der Waals surface area contributed by atoms with Crippen molar-refractivity contribution in [3.05, 3.63) is 45.8 Å². The van der Waals surface area contributed by atoms with Crippen LogP contribution >= 0.6 is 11.8 Å². The highest BCUT2D eigenvalue weighted by Crippen LogP contribution is 2.22. The topological polar surface area (TPSA) is 106 Å². The minimum atomic E-state index is -0.495. The number of thioether (sulfide) groups is 1. The predicted molar refractivity (Wildman–Crippen MR) is 84.2 cm³/mol. The van der Waals surface area contributed by atoms with Crippen LogP contribution in [-0.2, 0) is 11.3 Å². The lowest BCUT2D eigenvalue weighted by Crippen LogP contribution is -2.27. The number of nitro groups is 1. The molecule has 7 nitrogen and oxygen atoms in total. The first-order chi connectivity index (χ1) is 9.82. The molecule has 118 valence electrons. The Bertz CT molecular complexity index is 494. The van der Waals surface area contributed by atoms with Gasteiger partial charge in [-0.3, -0.25) is 10.1 Å². The van der Waals surface area contributed by atoms with E-state index in [9.17, 15) is 10.1 Å². The summed E-state index contributed by atoms with van der Waals surface area (Å²) in [5.41, 5.74) is 5.48. The average Bonchev–Trinajstić information content (AvgIpc) is 2.85. The summed E-state index contributed by atoms with van der Waals surface area (Å²) in [4.78, 5) is 9.85. The fraction of sp³-hybridized carbons (Fsp3) is 0.538. The van der Waals surface area contributed by atoms with Gasteiger partial charge in [0.2, 0.25) is 0 Å². The van der Waals surface area contributed by atoms with E-state index in [-0.39, 0.29) is 0 Å². The molecule has 0 aromatic carbocycles. The van der Waals surface area contributed by atoms with Gasteiger partial charge in [-0.2, -0.15) is 11.8 Å². The van der Waals surface area contributed by atoms with E-state index in [1.54, 1.807) is 18.8 Å². The van der Waals surface area contributed by atoms with Gasteiger partial charge in [0.25, 0.3) is 6.20 Å². The van der Waals surface area contributed by atoms with E-state index in [0.717, 1.165) is 29.2 Å². The van der Waals surface area contributed by atoms with Crippen molar-refractivity contribution in [3.63, 3.8) is 0 Å². The van der Waals surface area contributed by atoms with Crippen LogP contribution in [0.3, 0.4) is 0 Å². The van der Waals surface area contributed by atoms with Crippen LogP contribution in [0.15, 0.2) is 28.6 Å². The maximum Gasteiger partial charge on any atom is 0.274 e. The van der Waals surface area contributed by atoms with Crippen molar-refractivity contribution in [2.75, 3.05) is 19.3 Å². The fourth-order valence-corrected chi connectivity index (χ4v) is 2.28. The molecule has 0 radical (unpaired) electrons. The summed E-state index contributed by atoms with van der Waals surface area (Å²) < 4.78 is 5.67. The molecule has 8 heteroatoms. The zero-order valence-corrected chi connectivity index (χ0v) is 13.3. The largest absolute Gasteiger partial charge is 0.463 e. The smallest absolute Gasteiger partial charge is 0.274 e. The molecule has 0 atom stereocenters. The molecule has 1 heterocycles. The van der Waals surface area contributed by atoms with Gasteiger partial charge < -0.3 is 20.8 Å². The van der Waals surface area contributed by atoms with Gasteiger partial charge in [0.05, 0.1) is 16.2 Å². The minimum absolute atomic E-state index is 0.394. The van der Waals surface area contributed by atoms with Crippen molar-refractivity contribution < 1.29 is 9.34 Å².